The Morgan fingerprint density at radius 3 is 0.962 bits per heavy atom. The number of carbonyl (C=O) groups is 2. The molecule has 0 unspecified atom stereocenters. The third-order valence-electron chi connectivity index (χ3n) is 3.58. The van der Waals surface area contributed by atoms with Gasteiger partial charge in [-0.25, -0.2) is 19.4 Å². The molecule has 26 heavy (non-hydrogen) atoms. The molecule has 2 saturated carbocycles. The Kier molecular flexibility index (Phi) is 13.4. The van der Waals surface area contributed by atoms with Crippen LogP contribution in [0.3, 0.4) is 0 Å². The molecule has 0 saturated heterocycles. The molecule has 2 aliphatic rings. The summed E-state index contributed by atoms with van der Waals surface area (Å²) >= 11 is 0. The molecule has 0 aromatic carbocycles. The smallest absolute Gasteiger partial charge is 0.450 e. The molecule has 0 aromatic rings. The number of hydrogen-bond acceptors (Lipinski definition) is 8. The fraction of sp³-hybridized carbons (Fsp3) is 0.714. The summed E-state index contributed by atoms with van der Waals surface area (Å²) in [4.78, 5) is 25.3. The first kappa shape index (κ1) is 25.6. The first-order valence-corrected chi connectivity index (χ1v) is 7.44. The van der Waals surface area contributed by atoms with Crippen molar-refractivity contribution in [1.29, 1.82) is 10.5 Å². The van der Waals surface area contributed by atoms with Crippen LogP contribution in [0.5, 0.6) is 0 Å². The van der Waals surface area contributed by atoms with E-state index in [9.17, 15) is 0 Å². The van der Waals surface area contributed by atoms with Gasteiger partial charge in [-0.05, 0) is 51.4 Å². The first-order valence-electron chi connectivity index (χ1n) is 7.44. The number of nitriles is 2. The maximum absolute atomic E-state index is 8.56. The fourth-order valence-corrected chi connectivity index (χ4v) is 2.34. The van der Waals surface area contributed by atoms with Gasteiger partial charge in [0.15, 0.2) is 11.2 Å². The molecule has 0 aliphatic heterocycles. The van der Waals surface area contributed by atoms with Gasteiger partial charge in [-0.3, -0.25) is 10.5 Å². The van der Waals surface area contributed by atoms with E-state index in [2.05, 4.69) is 9.78 Å². The van der Waals surface area contributed by atoms with Gasteiger partial charge in [0, 0.05) is 0 Å². The average molecular weight is 378 g/mol. The molecule has 148 valence electrons. The van der Waals surface area contributed by atoms with Gasteiger partial charge >= 0.3 is 12.3 Å². The summed E-state index contributed by atoms with van der Waals surface area (Å²) in [7, 11) is 0. The number of nitrogens with zero attached hydrogens (tertiary/aromatic N) is 2. The normalized spacial score (nSPS) is 18.2. The molecule has 2 rings (SSSR count). The molecule has 2 fully saturated rings. The van der Waals surface area contributed by atoms with E-state index in [0.29, 0.717) is 25.7 Å². The van der Waals surface area contributed by atoms with E-state index in [1.807, 2.05) is 12.1 Å². The predicted octanol–water partition coefficient (Wildman–Crippen LogP) is 3.07. The Bertz CT molecular complexity index is 445. The lowest BCUT2D eigenvalue weighted by Gasteiger charge is -2.13. The Labute approximate surface area is 148 Å². The highest BCUT2D eigenvalue weighted by Gasteiger charge is 2.36. The van der Waals surface area contributed by atoms with Crippen LogP contribution in [0.25, 0.3) is 0 Å². The zero-order chi connectivity index (χ0) is 20.6. The van der Waals surface area contributed by atoms with Crippen LogP contribution in [0.4, 0.5) is 9.59 Å². The van der Waals surface area contributed by atoms with E-state index in [4.69, 9.17) is 51.1 Å². The minimum atomic E-state index is -1.83. The lowest BCUT2D eigenvalue weighted by atomic mass is 10.1. The molecule has 12 nitrogen and oxygen atoms in total. The van der Waals surface area contributed by atoms with Crippen molar-refractivity contribution in [2.45, 2.75) is 62.6 Å². The number of rotatable bonds is 2. The van der Waals surface area contributed by atoms with Crippen LogP contribution in [0.15, 0.2) is 0 Å². The molecule has 6 N–H and O–H groups in total. The van der Waals surface area contributed by atoms with E-state index in [1.54, 1.807) is 0 Å². The Morgan fingerprint density at radius 2 is 0.885 bits per heavy atom. The van der Waals surface area contributed by atoms with Gasteiger partial charge in [0.25, 0.3) is 0 Å². The van der Waals surface area contributed by atoms with Crippen molar-refractivity contribution in [3.63, 3.8) is 0 Å². The highest BCUT2D eigenvalue weighted by atomic mass is 17.1. The van der Waals surface area contributed by atoms with Gasteiger partial charge in [-0.1, -0.05) is 0 Å². The fourth-order valence-electron chi connectivity index (χ4n) is 2.34. The average Bonchev–Trinajstić information content (AvgIpc) is 3.25. The van der Waals surface area contributed by atoms with Gasteiger partial charge in [-0.15, -0.1) is 0 Å². The van der Waals surface area contributed by atoms with Crippen molar-refractivity contribution in [2.24, 2.45) is 0 Å². The minimum Gasteiger partial charge on any atom is -0.450 e. The second-order valence-corrected chi connectivity index (χ2v) is 5.37. The Hall–Kier alpha value is -2.64. The van der Waals surface area contributed by atoms with Crippen LogP contribution in [-0.2, 0) is 9.78 Å². The maximum atomic E-state index is 8.56. The van der Waals surface area contributed by atoms with Crippen LogP contribution in [0.2, 0.25) is 0 Å². The monoisotopic (exact) mass is 378 g/mol. The summed E-state index contributed by atoms with van der Waals surface area (Å²) in [6.07, 6.45) is 2.92. The molecule has 12 heteroatoms. The van der Waals surface area contributed by atoms with Crippen molar-refractivity contribution in [2.75, 3.05) is 0 Å². The molecule has 0 bridgehead atoms. The quantitative estimate of drug-likeness (QED) is 0.301. The highest BCUT2D eigenvalue weighted by molar-refractivity contribution is 5.53. The van der Waals surface area contributed by atoms with E-state index in [0.717, 1.165) is 25.7 Å². The maximum Gasteiger partial charge on any atom is 0.503 e. The Morgan fingerprint density at radius 1 is 0.692 bits per heavy atom. The third-order valence-corrected chi connectivity index (χ3v) is 3.58. The van der Waals surface area contributed by atoms with Gasteiger partial charge < -0.3 is 20.4 Å². The summed E-state index contributed by atoms with van der Waals surface area (Å²) in [6.45, 7) is 0. The highest BCUT2D eigenvalue weighted by Crippen LogP contribution is 2.32. The van der Waals surface area contributed by atoms with Crippen LogP contribution in [-0.4, -0.2) is 54.5 Å². The molecule has 2 aliphatic carbocycles. The molecular formula is C14H22N2O10. The molecule has 0 radical (unpaired) electrons. The molecule has 0 aromatic heterocycles. The predicted molar refractivity (Wildman–Crippen MR) is 82.4 cm³/mol. The SMILES string of the molecule is N#CC1(OO)CCCC1.N#CC1(OO)CCCC1.O=C(O)O.O=C(O)O. The van der Waals surface area contributed by atoms with Crippen molar-refractivity contribution >= 4 is 12.3 Å². The van der Waals surface area contributed by atoms with Gasteiger partial charge in [0.1, 0.15) is 12.1 Å². The van der Waals surface area contributed by atoms with E-state index < -0.39 is 23.5 Å². The second kappa shape index (κ2) is 13.6. The Balaban J connectivity index is 0. The van der Waals surface area contributed by atoms with Gasteiger partial charge in [0.2, 0.25) is 0 Å². The third kappa shape index (κ3) is 11.8. The van der Waals surface area contributed by atoms with Crippen molar-refractivity contribution in [1.82, 2.24) is 0 Å². The number of hydrogen-bond donors (Lipinski definition) is 6. The summed E-state index contributed by atoms with van der Waals surface area (Å²) in [6, 6.07) is 3.91. The molecule has 0 heterocycles. The summed E-state index contributed by atoms with van der Waals surface area (Å²) in [5.41, 5.74) is -1.72. The van der Waals surface area contributed by atoms with Gasteiger partial charge in [0.05, 0.1) is 0 Å². The second-order valence-electron chi connectivity index (χ2n) is 5.37. The minimum absolute atomic E-state index is 0.667. The number of carboxylic acid groups (broad SMARTS) is 4. The lowest BCUT2D eigenvalue weighted by molar-refractivity contribution is -0.302. The molecular weight excluding hydrogens is 356 g/mol. The van der Waals surface area contributed by atoms with Gasteiger partial charge in [-0.2, -0.15) is 10.5 Å². The topological polar surface area (TPSA) is 222 Å². The molecule has 0 spiro atoms. The zero-order valence-electron chi connectivity index (χ0n) is 13.9. The lowest BCUT2D eigenvalue weighted by Crippen LogP contribution is -2.24. The summed E-state index contributed by atoms with van der Waals surface area (Å²) in [5, 5.41) is 61.4. The van der Waals surface area contributed by atoms with Crippen molar-refractivity contribution in [3.05, 3.63) is 0 Å². The summed E-state index contributed by atoms with van der Waals surface area (Å²) in [5.74, 6) is 0. The van der Waals surface area contributed by atoms with E-state index in [-0.39, 0.29) is 0 Å². The molecule has 0 amide bonds. The van der Waals surface area contributed by atoms with Crippen molar-refractivity contribution in [3.8, 4) is 12.1 Å². The van der Waals surface area contributed by atoms with E-state index in [1.165, 1.54) is 0 Å². The van der Waals surface area contributed by atoms with Crippen molar-refractivity contribution < 1.29 is 50.3 Å². The zero-order valence-corrected chi connectivity index (χ0v) is 13.9. The largest absolute Gasteiger partial charge is 0.503 e. The standard InChI is InChI=1S/2C6H9NO2.2CH2O3/c2*7-5-6(9-8)3-1-2-4-6;2*2-1(3)4/h2*8H,1-4H2;2*(H2,2,3,4). The van der Waals surface area contributed by atoms with Crippen LogP contribution in [0, 0.1) is 22.7 Å². The van der Waals surface area contributed by atoms with Crippen LogP contribution < -0.4 is 0 Å². The summed E-state index contributed by atoms with van der Waals surface area (Å²) < 4.78 is 0. The van der Waals surface area contributed by atoms with E-state index >= 15 is 0 Å². The first-order chi connectivity index (χ1) is 12.1. The molecule has 0 atom stereocenters. The van der Waals surface area contributed by atoms with Crippen LogP contribution in [0.1, 0.15) is 51.4 Å². The van der Waals surface area contributed by atoms with Crippen LogP contribution >= 0.6 is 0 Å².